The normalized spacial score (nSPS) is 10.4. The van der Waals surface area contributed by atoms with Crippen molar-refractivity contribution in [3.05, 3.63) is 90.0 Å². The first-order valence-electron chi connectivity index (χ1n) is 11.1. The molecular formula is C27H25N5O3. The molecule has 4 aromatic rings. The molecule has 0 radical (unpaired) electrons. The minimum atomic E-state index is 0.00996. The van der Waals surface area contributed by atoms with Gasteiger partial charge in [-0.05, 0) is 42.0 Å². The summed E-state index contributed by atoms with van der Waals surface area (Å²) in [7, 11) is 0. The van der Waals surface area contributed by atoms with Crippen LogP contribution in [-0.2, 0) is 6.61 Å². The number of nitrogens with zero attached hydrogens (tertiary/aromatic N) is 3. The molecule has 1 heterocycles. The minimum absolute atomic E-state index is 0.00996. The fraction of sp³-hybridized carbons (Fsp3) is 0.148. The third-order valence-electron chi connectivity index (χ3n) is 5.07. The molecule has 0 aliphatic rings. The quantitative estimate of drug-likeness (QED) is 0.324. The predicted octanol–water partition coefficient (Wildman–Crippen LogP) is 4.61. The zero-order chi connectivity index (χ0) is 24.5. The Labute approximate surface area is 203 Å². The highest BCUT2D eigenvalue weighted by atomic mass is 16.5. The molecule has 0 spiro atoms. The second-order valence-corrected chi connectivity index (χ2v) is 7.63. The number of rotatable bonds is 10. The van der Waals surface area contributed by atoms with Gasteiger partial charge in [0.25, 0.3) is 0 Å². The molecule has 176 valence electrons. The average Bonchev–Trinajstić information content (AvgIpc) is 2.88. The average molecular weight is 468 g/mol. The van der Waals surface area contributed by atoms with Crippen molar-refractivity contribution in [2.45, 2.75) is 13.0 Å². The van der Waals surface area contributed by atoms with Crippen molar-refractivity contribution in [2.75, 3.05) is 24.7 Å². The van der Waals surface area contributed by atoms with Crippen molar-refractivity contribution in [2.24, 2.45) is 0 Å². The number of anilines is 2. The monoisotopic (exact) mass is 467 g/mol. The number of nitrogens with two attached hydrogens (primary N) is 2. The summed E-state index contributed by atoms with van der Waals surface area (Å²) >= 11 is 0. The molecule has 0 bridgehead atoms. The molecule has 8 heteroatoms. The fourth-order valence-corrected chi connectivity index (χ4v) is 3.36. The molecule has 4 N–H and O–H groups in total. The number of nitriles is 1. The first-order chi connectivity index (χ1) is 17.1. The fourth-order valence-electron chi connectivity index (χ4n) is 3.36. The van der Waals surface area contributed by atoms with Crippen LogP contribution in [0.1, 0.15) is 17.5 Å². The largest absolute Gasteiger partial charge is 0.493 e. The highest BCUT2D eigenvalue weighted by Crippen LogP contribution is 2.28. The summed E-state index contributed by atoms with van der Waals surface area (Å²) in [5, 5.41) is 9.40. The zero-order valence-corrected chi connectivity index (χ0v) is 19.1. The van der Waals surface area contributed by atoms with Crippen molar-refractivity contribution >= 4 is 11.8 Å². The third-order valence-corrected chi connectivity index (χ3v) is 5.07. The number of ether oxygens (including phenoxy) is 3. The topological polar surface area (TPSA) is 129 Å². The molecule has 0 aliphatic heterocycles. The predicted molar refractivity (Wildman–Crippen MR) is 134 cm³/mol. The van der Waals surface area contributed by atoms with Gasteiger partial charge in [-0.2, -0.15) is 10.2 Å². The van der Waals surface area contributed by atoms with E-state index in [9.17, 15) is 5.26 Å². The number of hydrogen-bond acceptors (Lipinski definition) is 8. The first-order valence-corrected chi connectivity index (χ1v) is 11.1. The highest BCUT2D eigenvalue weighted by Gasteiger charge is 2.13. The maximum Gasteiger partial charge on any atom is 0.222 e. The Morgan fingerprint density at radius 3 is 2.14 bits per heavy atom. The molecular weight excluding hydrogens is 442 g/mol. The van der Waals surface area contributed by atoms with Crippen LogP contribution in [0.25, 0.3) is 11.3 Å². The van der Waals surface area contributed by atoms with E-state index in [2.05, 4.69) is 9.97 Å². The molecule has 4 rings (SSSR count). The first kappa shape index (κ1) is 23.4. The molecule has 35 heavy (non-hydrogen) atoms. The lowest BCUT2D eigenvalue weighted by atomic mass is 10.1. The van der Waals surface area contributed by atoms with Gasteiger partial charge in [0.05, 0.1) is 18.9 Å². The van der Waals surface area contributed by atoms with Gasteiger partial charge in [-0.15, -0.1) is 0 Å². The Morgan fingerprint density at radius 1 is 0.743 bits per heavy atom. The Hall–Kier alpha value is -4.77. The van der Waals surface area contributed by atoms with Crippen molar-refractivity contribution in [1.82, 2.24) is 9.97 Å². The van der Waals surface area contributed by atoms with Crippen LogP contribution in [0.2, 0.25) is 0 Å². The van der Waals surface area contributed by atoms with Crippen LogP contribution in [-0.4, -0.2) is 23.2 Å². The number of nitrogen functional groups attached to an aromatic ring is 2. The van der Waals surface area contributed by atoms with E-state index in [1.54, 1.807) is 6.07 Å². The summed E-state index contributed by atoms with van der Waals surface area (Å²) in [5.74, 6) is 2.25. The van der Waals surface area contributed by atoms with Crippen LogP contribution < -0.4 is 25.7 Å². The summed E-state index contributed by atoms with van der Waals surface area (Å²) in [6, 6.07) is 26.9. The summed E-state index contributed by atoms with van der Waals surface area (Å²) < 4.78 is 17.4. The highest BCUT2D eigenvalue weighted by molar-refractivity contribution is 5.73. The second kappa shape index (κ2) is 11.4. The van der Waals surface area contributed by atoms with Crippen molar-refractivity contribution in [3.63, 3.8) is 0 Å². The van der Waals surface area contributed by atoms with Crippen molar-refractivity contribution < 1.29 is 14.2 Å². The zero-order valence-electron chi connectivity index (χ0n) is 19.1. The summed E-state index contributed by atoms with van der Waals surface area (Å²) in [4.78, 5) is 8.02. The maximum atomic E-state index is 9.40. The third kappa shape index (κ3) is 6.39. The molecule has 0 aliphatic carbocycles. The summed E-state index contributed by atoms with van der Waals surface area (Å²) in [6.07, 6.45) is 0.688. The Bertz CT molecular complexity index is 1300. The Kier molecular flexibility index (Phi) is 7.61. The summed E-state index contributed by atoms with van der Waals surface area (Å²) in [6.45, 7) is 1.48. The van der Waals surface area contributed by atoms with Gasteiger partial charge in [-0.1, -0.05) is 42.5 Å². The minimum Gasteiger partial charge on any atom is -0.493 e. The SMILES string of the molecule is N#Cc1c(N)nc(N)nc1-c1cccc(OCCCOc2ccc(OCc3ccccc3)cc2)c1. The van der Waals surface area contributed by atoms with Gasteiger partial charge in [0.1, 0.15) is 41.3 Å². The van der Waals surface area contributed by atoms with E-state index in [0.717, 1.165) is 17.1 Å². The Morgan fingerprint density at radius 2 is 1.43 bits per heavy atom. The molecule has 3 aromatic carbocycles. The molecule has 0 unspecified atom stereocenters. The van der Waals surface area contributed by atoms with Crippen LogP contribution >= 0.6 is 0 Å². The van der Waals surface area contributed by atoms with Crippen molar-refractivity contribution in [1.29, 1.82) is 5.26 Å². The molecule has 0 saturated carbocycles. The van der Waals surface area contributed by atoms with E-state index < -0.39 is 0 Å². The van der Waals surface area contributed by atoms with E-state index in [-0.39, 0.29) is 17.3 Å². The maximum absolute atomic E-state index is 9.40. The van der Waals surface area contributed by atoms with Gasteiger partial charge >= 0.3 is 0 Å². The van der Waals surface area contributed by atoms with E-state index in [1.807, 2.05) is 78.9 Å². The van der Waals surface area contributed by atoms with Gasteiger partial charge < -0.3 is 25.7 Å². The van der Waals surface area contributed by atoms with Crippen molar-refractivity contribution in [3.8, 4) is 34.6 Å². The molecule has 1 aromatic heterocycles. The van der Waals surface area contributed by atoms with E-state index in [4.69, 9.17) is 25.7 Å². The van der Waals surface area contributed by atoms with Crippen LogP contribution in [0.3, 0.4) is 0 Å². The molecule has 0 saturated heterocycles. The Balaban J connectivity index is 1.24. The standard InChI is InChI=1S/C27H25N5O3/c28-17-24-25(31-27(30)32-26(24)29)20-8-4-9-23(16-20)34-15-5-14-33-21-10-12-22(13-11-21)35-18-19-6-2-1-3-7-19/h1-4,6-13,16H,5,14-15,18H2,(H4,29,30,31,32). The van der Waals surface area contributed by atoms with Gasteiger partial charge in [-0.3, -0.25) is 0 Å². The lowest BCUT2D eigenvalue weighted by Crippen LogP contribution is -2.06. The van der Waals surface area contributed by atoms with Gasteiger partial charge in [0, 0.05) is 12.0 Å². The van der Waals surface area contributed by atoms with E-state index in [1.165, 1.54) is 0 Å². The van der Waals surface area contributed by atoms with Crippen LogP contribution in [0, 0.1) is 11.3 Å². The summed E-state index contributed by atoms with van der Waals surface area (Å²) in [5.41, 5.74) is 13.9. The van der Waals surface area contributed by atoms with Crippen LogP contribution in [0.4, 0.5) is 11.8 Å². The lowest BCUT2D eigenvalue weighted by Gasteiger charge is -2.11. The van der Waals surface area contributed by atoms with Crippen LogP contribution in [0.5, 0.6) is 17.2 Å². The van der Waals surface area contributed by atoms with Gasteiger partial charge in [0.2, 0.25) is 5.95 Å². The molecule has 8 nitrogen and oxygen atoms in total. The van der Waals surface area contributed by atoms with E-state index in [0.29, 0.717) is 43.2 Å². The smallest absolute Gasteiger partial charge is 0.222 e. The van der Waals surface area contributed by atoms with E-state index >= 15 is 0 Å². The molecule has 0 atom stereocenters. The lowest BCUT2D eigenvalue weighted by molar-refractivity contribution is 0.247. The van der Waals surface area contributed by atoms with Crippen LogP contribution in [0.15, 0.2) is 78.9 Å². The number of hydrogen-bond donors (Lipinski definition) is 2. The molecule has 0 fully saturated rings. The second-order valence-electron chi connectivity index (χ2n) is 7.63. The molecule has 0 amide bonds. The van der Waals surface area contributed by atoms with Gasteiger partial charge in [-0.25, -0.2) is 4.98 Å². The van der Waals surface area contributed by atoms with Gasteiger partial charge in [0.15, 0.2) is 0 Å². The number of benzene rings is 3. The number of aromatic nitrogens is 2.